The Morgan fingerprint density at radius 1 is 1.04 bits per heavy atom. The van der Waals surface area contributed by atoms with Crippen LogP contribution in [-0.4, -0.2) is 36.3 Å². The van der Waals surface area contributed by atoms with Crippen LogP contribution in [0.3, 0.4) is 0 Å². The minimum Gasteiger partial charge on any atom is -0.339 e. The molecule has 0 heterocycles. The van der Waals surface area contributed by atoms with Crippen molar-refractivity contribution in [1.29, 1.82) is 0 Å². The largest absolute Gasteiger partial charge is 0.339 e. The van der Waals surface area contributed by atoms with Crippen molar-refractivity contribution < 1.29 is 9.59 Å². The molecule has 5 nitrogen and oxygen atoms in total. The summed E-state index contributed by atoms with van der Waals surface area (Å²) in [5.74, 6) is -0.196. The van der Waals surface area contributed by atoms with Gasteiger partial charge in [-0.2, -0.15) is 0 Å². The van der Waals surface area contributed by atoms with Gasteiger partial charge in [0.25, 0.3) is 5.91 Å². The lowest BCUT2D eigenvalue weighted by Crippen LogP contribution is -2.31. The van der Waals surface area contributed by atoms with E-state index in [0.29, 0.717) is 34.4 Å². The fourth-order valence-corrected chi connectivity index (χ4v) is 3.38. The van der Waals surface area contributed by atoms with Crippen molar-refractivity contribution in [3.63, 3.8) is 0 Å². The van der Waals surface area contributed by atoms with E-state index in [1.807, 2.05) is 26.8 Å². The van der Waals surface area contributed by atoms with Crippen LogP contribution in [0.1, 0.15) is 42.7 Å². The average molecular weight is 422 g/mol. The van der Waals surface area contributed by atoms with Crippen LogP contribution in [0.4, 0.5) is 5.69 Å². The van der Waals surface area contributed by atoms with Crippen LogP contribution in [0, 0.1) is 0 Å². The number of halogens is 2. The van der Waals surface area contributed by atoms with Crippen molar-refractivity contribution in [3.05, 3.63) is 63.6 Å². The monoisotopic (exact) mass is 421 g/mol. The summed E-state index contributed by atoms with van der Waals surface area (Å²) in [6.45, 7) is 7.27. The number of hydrogen-bond donors (Lipinski definition) is 2. The lowest BCUT2D eigenvalue weighted by Gasteiger charge is -2.18. The summed E-state index contributed by atoms with van der Waals surface area (Å²) in [7, 11) is 0. The quantitative estimate of drug-likeness (QED) is 0.645. The van der Waals surface area contributed by atoms with Gasteiger partial charge in [0.1, 0.15) is 0 Å². The minimum atomic E-state index is -0.181. The molecule has 2 aromatic carbocycles. The minimum absolute atomic E-state index is 0.0155. The fraction of sp³-hybridized carbons (Fsp3) is 0.333. The Morgan fingerprint density at radius 2 is 1.68 bits per heavy atom. The predicted octanol–water partition coefficient (Wildman–Crippen LogP) is 4.76. The Hall–Kier alpha value is -2.08. The van der Waals surface area contributed by atoms with Crippen LogP contribution in [0.5, 0.6) is 0 Å². The number of benzene rings is 2. The van der Waals surface area contributed by atoms with Crippen LogP contribution in [0.25, 0.3) is 0 Å². The number of carbonyl (C=O) groups is 2. The third-order valence-electron chi connectivity index (χ3n) is 4.46. The third-order valence-corrected chi connectivity index (χ3v) is 5.03. The molecule has 2 rings (SSSR count). The molecule has 7 heteroatoms. The molecule has 0 unspecified atom stereocenters. The van der Waals surface area contributed by atoms with Crippen LogP contribution in [0.15, 0.2) is 42.5 Å². The molecule has 2 aromatic rings. The van der Waals surface area contributed by atoms with E-state index in [9.17, 15) is 9.59 Å². The summed E-state index contributed by atoms with van der Waals surface area (Å²) in [4.78, 5) is 26.3. The van der Waals surface area contributed by atoms with E-state index < -0.39 is 0 Å². The van der Waals surface area contributed by atoms with Gasteiger partial charge in [-0.15, -0.1) is 0 Å². The second-order valence-corrected chi connectivity index (χ2v) is 7.22. The van der Waals surface area contributed by atoms with Gasteiger partial charge in [0.15, 0.2) is 0 Å². The van der Waals surface area contributed by atoms with E-state index in [2.05, 4.69) is 10.6 Å². The molecule has 2 N–H and O–H groups in total. The zero-order chi connectivity index (χ0) is 20.7. The highest BCUT2D eigenvalue weighted by molar-refractivity contribution is 6.35. The molecule has 2 amide bonds. The van der Waals surface area contributed by atoms with E-state index in [0.717, 1.165) is 5.56 Å². The van der Waals surface area contributed by atoms with E-state index in [1.54, 1.807) is 41.3 Å². The standard InChI is InChI=1S/C21H25Cl2N3O2/c1-4-26(5-2)21(28)15-6-9-17(10-7-15)25-20(27)13-24-14(3)18-11-8-16(22)12-19(18)23/h6-12,14,24H,4-5,13H2,1-3H3,(H,25,27)/t14-/m1/s1. The van der Waals surface area contributed by atoms with Gasteiger partial charge in [-0.1, -0.05) is 29.3 Å². The Bertz CT molecular complexity index is 821. The molecule has 0 aliphatic heterocycles. The molecule has 0 fully saturated rings. The Kier molecular flexibility index (Phi) is 8.30. The number of rotatable bonds is 8. The topological polar surface area (TPSA) is 61.4 Å². The molecule has 0 aliphatic rings. The highest BCUT2D eigenvalue weighted by Gasteiger charge is 2.13. The molecule has 0 saturated carbocycles. The molecule has 28 heavy (non-hydrogen) atoms. The summed E-state index contributed by atoms with van der Waals surface area (Å²) >= 11 is 12.1. The van der Waals surface area contributed by atoms with Gasteiger partial charge in [0.05, 0.1) is 6.54 Å². The fourth-order valence-electron chi connectivity index (χ4n) is 2.80. The molecule has 1 atom stereocenters. The van der Waals surface area contributed by atoms with Gasteiger partial charge in [0.2, 0.25) is 5.91 Å². The highest BCUT2D eigenvalue weighted by atomic mass is 35.5. The average Bonchev–Trinajstić information content (AvgIpc) is 2.67. The number of amides is 2. The summed E-state index contributed by atoms with van der Waals surface area (Å²) in [5.41, 5.74) is 2.11. The number of nitrogens with one attached hydrogen (secondary N) is 2. The molecule has 0 bridgehead atoms. The lowest BCUT2D eigenvalue weighted by molar-refractivity contribution is -0.115. The maximum absolute atomic E-state index is 12.3. The SMILES string of the molecule is CCN(CC)C(=O)c1ccc(NC(=O)CN[C@H](C)c2ccc(Cl)cc2Cl)cc1. The first-order valence-electron chi connectivity index (χ1n) is 9.23. The molecule has 0 spiro atoms. The van der Waals surface area contributed by atoms with Crippen LogP contribution < -0.4 is 10.6 Å². The van der Waals surface area contributed by atoms with Gasteiger partial charge in [-0.3, -0.25) is 9.59 Å². The smallest absolute Gasteiger partial charge is 0.253 e. The van der Waals surface area contributed by atoms with E-state index in [4.69, 9.17) is 23.2 Å². The molecule has 0 aliphatic carbocycles. The van der Waals surface area contributed by atoms with Crippen LogP contribution in [-0.2, 0) is 4.79 Å². The molecule has 0 radical (unpaired) electrons. The first-order valence-corrected chi connectivity index (χ1v) is 9.98. The van der Waals surface area contributed by atoms with Gasteiger partial charge in [-0.05, 0) is 62.7 Å². The van der Waals surface area contributed by atoms with E-state index in [1.165, 1.54) is 0 Å². The van der Waals surface area contributed by atoms with Crippen molar-refractivity contribution in [3.8, 4) is 0 Å². The summed E-state index contributed by atoms with van der Waals surface area (Å²) in [6, 6.07) is 12.1. The molecule has 150 valence electrons. The second kappa shape index (κ2) is 10.5. The lowest BCUT2D eigenvalue weighted by atomic mass is 10.1. The van der Waals surface area contributed by atoms with E-state index >= 15 is 0 Å². The normalized spacial score (nSPS) is 11.8. The summed E-state index contributed by atoms with van der Waals surface area (Å²) < 4.78 is 0. The zero-order valence-corrected chi connectivity index (χ0v) is 17.8. The third kappa shape index (κ3) is 5.96. The number of anilines is 1. The van der Waals surface area contributed by atoms with Gasteiger partial charge >= 0.3 is 0 Å². The Balaban J connectivity index is 1.90. The highest BCUT2D eigenvalue weighted by Crippen LogP contribution is 2.25. The molecule has 0 aromatic heterocycles. The van der Waals surface area contributed by atoms with Crippen LogP contribution >= 0.6 is 23.2 Å². The van der Waals surface area contributed by atoms with Crippen molar-refractivity contribution >= 4 is 40.7 Å². The van der Waals surface area contributed by atoms with Crippen molar-refractivity contribution in [2.24, 2.45) is 0 Å². The first-order chi connectivity index (χ1) is 13.3. The zero-order valence-electron chi connectivity index (χ0n) is 16.3. The maximum atomic E-state index is 12.3. The van der Waals surface area contributed by atoms with Gasteiger partial charge in [-0.25, -0.2) is 0 Å². The number of nitrogens with zero attached hydrogens (tertiary/aromatic N) is 1. The second-order valence-electron chi connectivity index (χ2n) is 6.37. The van der Waals surface area contributed by atoms with E-state index in [-0.39, 0.29) is 24.4 Å². The molecular weight excluding hydrogens is 397 g/mol. The number of carbonyl (C=O) groups excluding carboxylic acids is 2. The predicted molar refractivity (Wildman–Crippen MR) is 115 cm³/mol. The Labute approximate surface area is 176 Å². The maximum Gasteiger partial charge on any atom is 0.253 e. The van der Waals surface area contributed by atoms with Crippen molar-refractivity contribution in [2.45, 2.75) is 26.8 Å². The Morgan fingerprint density at radius 3 is 2.25 bits per heavy atom. The summed E-state index contributed by atoms with van der Waals surface area (Å²) in [5, 5.41) is 7.08. The van der Waals surface area contributed by atoms with Crippen LogP contribution in [0.2, 0.25) is 10.0 Å². The molecular formula is C21H25Cl2N3O2. The first kappa shape index (κ1) is 22.2. The van der Waals surface area contributed by atoms with Gasteiger partial charge in [0, 0.05) is 40.4 Å². The van der Waals surface area contributed by atoms with Crippen molar-refractivity contribution in [1.82, 2.24) is 10.2 Å². The van der Waals surface area contributed by atoms with Gasteiger partial charge < -0.3 is 15.5 Å². The summed E-state index contributed by atoms with van der Waals surface area (Å²) in [6.07, 6.45) is 0. The molecule has 0 saturated heterocycles. The van der Waals surface area contributed by atoms with Crippen molar-refractivity contribution in [2.75, 3.05) is 25.0 Å². The number of hydrogen-bond acceptors (Lipinski definition) is 3.